The smallest absolute Gasteiger partial charge is 0.132 e. The largest absolute Gasteiger partial charge is 0.329 e. The van der Waals surface area contributed by atoms with Crippen molar-refractivity contribution in [3.8, 4) is 0 Å². The Bertz CT molecular complexity index is 577. The van der Waals surface area contributed by atoms with Crippen LogP contribution in [0.2, 0.25) is 0 Å². The molecule has 19 heavy (non-hydrogen) atoms. The summed E-state index contributed by atoms with van der Waals surface area (Å²) in [6.45, 7) is 8.67. The maximum absolute atomic E-state index is 4.48. The molecule has 0 aliphatic carbocycles. The lowest BCUT2D eigenvalue weighted by molar-refractivity contribution is 1.08. The molecule has 2 aromatic rings. The first-order chi connectivity index (χ1) is 8.91. The van der Waals surface area contributed by atoms with Crippen molar-refractivity contribution in [2.75, 3.05) is 11.9 Å². The third kappa shape index (κ3) is 2.66. The molecule has 0 unspecified atom stereocenters. The number of hydrogen-bond acceptors (Lipinski definition) is 2. The second-order valence-corrected chi connectivity index (χ2v) is 5.92. The second-order valence-electron chi connectivity index (χ2n) is 5.00. The molecule has 1 aromatic heterocycles. The zero-order valence-electron chi connectivity index (χ0n) is 12.1. The summed E-state index contributed by atoms with van der Waals surface area (Å²) in [5.41, 5.74) is 6.53. The van der Waals surface area contributed by atoms with Gasteiger partial charge >= 0.3 is 0 Å². The maximum Gasteiger partial charge on any atom is 0.132 e. The van der Waals surface area contributed by atoms with Crippen LogP contribution in [0.3, 0.4) is 0 Å². The number of nitrogens with zero attached hydrogens (tertiary/aromatic N) is 2. The molecule has 0 bridgehead atoms. The van der Waals surface area contributed by atoms with Gasteiger partial charge in [0, 0.05) is 23.4 Å². The van der Waals surface area contributed by atoms with E-state index in [0.29, 0.717) is 0 Å². The molecule has 0 saturated heterocycles. The molecule has 0 amide bonds. The van der Waals surface area contributed by atoms with Crippen molar-refractivity contribution in [1.82, 2.24) is 4.98 Å². The number of anilines is 2. The fraction of sp³-hybridized carbons (Fsp3) is 0.312. The lowest BCUT2D eigenvalue weighted by Crippen LogP contribution is -2.15. The summed E-state index contributed by atoms with van der Waals surface area (Å²) >= 11 is 3.42. The normalized spacial score (nSPS) is 10.6. The van der Waals surface area contributed by atoms with Crippen LogP contribution in [0.1, 0.15) is 22.3 Å². The van der Waals surface area contributed by atoms with E-state index >= 15 is 0 Å². The Morgan fingerprint density at radius 1 is 1.00 bits per heavy atom. The summed E-state index contributed by atoms with van der Waals surface area (Å²) in [7, 11) is 2.07. The van der Waals surface area contributed by atoms with E-state index < -0.39 is 0 Å². The molecule has 0 aliphatic rings. The minimum absolute atomic E-state index is 0.958. The molecular weight excluding hydrogens is 300 g/mol. The van der Waals surface area contributed by atoms with Gasteiger partial charge < -0.3 is 4.90 Å². The van der Waals surface area contributed by atoms with Gasteiger partial charge in [0.25, 0.3) is 0 Å². The molecule has 1 heterocycles. The van der Waals surface area contributed by atoms with E-state index in [4.69, 9.17) is 0 Å². The predicted octanol–water partition coefficient (Wildman–Crippen LogP) is 4.85. The number of halogens is 1. The Morgan fingerprint density at radius 3 is 2.05 bits per heavy atom. The molecule has 2 rings (SSSR count). The summed E-state index contributed by atoms with van der Waals surface area (Å²) < 4.78 is 0.999. The Kier molecular flexibility index (Phi) is 3.95. The van der Waals surface area contributed by atoms with E-state index in [1.54, 1.807) is 0 Å². The van der Waals surface area contributed by atoms with Gasteiger partial charge in [-0.25, -0.2) is 4.98 Å². The summed E-state index contributed by atoms with van der Waals surface area (Å²) in [6, 6.07) is 6.30. The van der Waals surface area contributed by atoms with E-state index in [2.05, 4.69) is 66.6 Å². The Hall–Kier alpha value is -1.35. The average Bonchev–Trinajstić information content (AvgIpc) is 2.37. The van der Waals surface area contributed by atoms with Gasteiger partial charge in [0.05, 0.1) is 0 Å². The summed E-state index contributed by atoms with van der Waals surface area (Å²) in [5.74, 6) is 0.958. The van der Waals surface area contributed by atoms with Gasteiger partial charge in [0.1, 0.15) is 5.82 Å². The Balaban J connectivity index is 2.55. The molecule has 0 radical (unpaired) electrons. The van der Waals surface area contributed by atoms with E-state index in [1.807, 2.05) is 18.3 Å². The summed E-state index contributed by atoms with van der Waals surface area (Å²) in [5, 5.41) is 0. The highest BCUT2D eigenvalue weighted by Crippen LogP contribution is 2.33. The SMILES string of the molecule is Cc1cc(C)c(C)c(N(C)c2ccc(Br)cn2)c1C. The van der Waals surface area contributed by atoms with Gasteiger partial charge in [-0.05, 0) is 78.0 Å². The molecule has 0 fully saturated rings. The highest BCUT2D eigenvalue weighted by molar-refractivity contribution is 9.10. The number of benzene rings is 1. The van der Waals surface area contributed by atoms with Crippen molar-refractivity contribution < 1.29 is 0 Å². The van der Waals surface area contributed by atoms with Crippen LogP contribution in [0.25, 0.3) is 0 Å². The molecule has 2 nitrogen and oxygen atoms in total. The molecule has 0 saturated carbocycles. The number of aryl methyl sites for hydroxylation is 2. The maximum atomic E-state index is 4.48. The van der Waals surface area contributed by atoms with E-state index in [9.17, 15) is 0 Å². The number of pyridine rings is 1. The molecular formula is C16H19BrN2. The highest BCUT2D eigenvalue weighted by atomic mass is 79.9. The van der Waals surface area contributed by atoms with Crippen molar-refractivity contribution in [3.05, 3.63) is 51.1 Å². The quantitative estimate of drug-likeness (QED) is 0.787. The highest BCUT2D eigenvalue weighted by Gasteiger charge is 2.14. The third-order valence-corrected chi connectivity index (χ3v) is 4.19. The molecule has 0 spiro atoms. The zero-order valence-corrected chi connectivity index (χ0v) is 13.7. The van der Waals surface area contributed by atoms with Crippen LogP contribution in [-0.2, 0) is 0 Å². The molecule has 0 atom stereocenters. The van der Waals surface area contributed by atoms with E-state index in [1.165, 1.54) is 27.9 Å². The van der Waals surface area contributed by atoms with Crippen molar-refractivity contribution in [3.63, 3.8) is 0 Å². The molecule has 0 aliphatic heterocycles. The summed E-state index contributed by atoms with van der Waals surface area (Å²) in [4.78, 5) is 6.64. The van der Waals surface area contributed by atoms with Crippen LogP contribution in [0, 0.1) is 27.7 Å². The lowest BCUT2D eigenvalue weighted by Gasteiger charge is -2.25. The van der Waals surface area contributed by atoms with Crippen LogP contribution in [-0.4, -0.2) is 12.0 Å². The fourth-order valence-corrected chi connectivity index (χ4v) is 2.61. The van der Waals surface area contributed by atoms with Crippen LogP contribution in [0.5, 0.6) is 0 Å². The second kappa shape index (κ2) is 5.33. The minimum Gasteiger partial charge on any atom is -0.329 e. The topological polar surface area (TPSA) is 16.1 Å². The molecule has 3 heteroatoms. The van der Waals surface area contributed by atoms with Gasteiger partial charge in [-0.3, -0.25) is 0 Å². The van der Waals surface area contributed by atoms with Gasteiger partial charge in [-0.15, -0.1) is 0 Å². The fourth-order valence-electron chi connectivity index (χ4n) is 2.38. The first-order valence-corrected chi connectivity index (χ1v) is 7.13. The average molecular weight is 319 g/mol. The van der Waals surface area contributed by atoms with Crippen LogP contribution in [0.4, 0.5) is 11.5 Å². The predicted molar refractivity (Wildman–Crippen MR) is 85.4 cm³/mol. The van der Waals surface area contributed by atoms with Crippen LogP contribution < -0.4 is 4.90 Å². The third-order valence-electron chi connectivity index (χ3n) is 3.72. The molecule has 100 valence electrons. The Morgan fingerprint density at radius 2 is 1.58 bits per heavy atom. The van der Waals surface area contributed by atoms with Gasteiger partial charge in [-0.2, -0.15) is 0 Å². The zero-order chi connectivity index (χ0) is 14.2. The standard InChI is InChI=1S/C16H19BrN2/c1-10-8-11(2)13(4)16(12(10)3)19(5)15-7-6-14(17)9-18-15/h6-9H,1-5H3. The number of hydrogen-bond donors (Lipinski definition) is 0. The van der Waals surface area contributed by atoms with Crippen molar-refractivity contribution in [2.24, 2.45) is 0 Å². The minimum atomic E-state index is 0.958. The van der Waals surface area contributed by atoms with E-state index in [0.717, 1.165) is 10.3 Å². The first kappa shape index (κ1) is 14.1. The van der Waals surface area contributed by atoms with Gasteiger partial charge in [0.2, 0.25) is 0 Å². The summed E-state index contributed by atoms with van der Waals surface area (Å²) in [6.07, 6.45) is 1.83. The monoisotopic (exact) mass is 318 g/mol. The van der Waals surface area contributed by atoms with Crippen molar-refractivity contribution in [1.29, 1.82) is 0 Å². The first-order valence-electron chi connectivity index (χ1n) is 6.34. The lowest BCUT2D eigenvalue weighted by atomic mass is 9.98. The van der Waals surface area contributed by atoms with Crippen molar-refractivity contribution >= 4 is 27.4 Å². The van der Waals surface area contributed by atoms with Crippen LogP contribution in [0.15, 0.2) is 28.9 Å². The Labute approximate surface area is 123 Å². The molecule has 1 aromatic carbocycles. The number of rotatable bonds is 2. The van der Waals surface area contributed by atoms with E-state index in [-0.39, 0.29) is 0 Å². The number of aromatic nitrogens is 1. The van der Waals surface area contributed by atoms with Gasteiger partial charge in [0.15, 0.2) is 0 Å². The molecule has 0 N–H and O–H groups in total. The van der Waals surface area contributed by atoms with Crippen LogP contribution >= 0.6 is 15.9 Å². The van der Waals surface area contributed by atoms with Crippen molar-refractivity contribution in [2.45, 2.75) is 27.7 Å². The van der Waals surface area contributed by atoms with Gasteiger partial charge in [-0.1, -0.05) is 6.07 Å².